The van der Waals surface area contributed by atoms with E-state index >= 15 is 0 Å². The summed E-state index contributed by atoms with van der Waals surface area (Å²) in [6, 6.07) is 7.54. The molecule has 0 radical (unpaired) electrons. The van der Waals surface area contributed by atoms with Crippen LogP contribution in [-0.4, -0.2) is 55.2 Å². The van der Waals surface area contributed by atoms with Crippen molar-refractivity contribution >= 4 is 35.0 Å². The van der Waals surface area contributed by atoms with Crippen LogP contribution in [0.2, 0.25) is 5.02 Å². The van der Waals surface area contributed by atoms with Crippen molar-refractivity contribution in [2.45, 2.75) is 32.0 Å². The summed E-state index contributed by atoms with van der Waals surface area (Å²) in [6.07, 6.45) is 0. The fourth-order valence-electron chi connectivity index (χ4n) is 2.97. The molecule has 0 aliphatic rings. The Bertz CT molecular complexity index is 1040. The fraction of sp³-hybridized carbons (Fsp3) is 0.400. The minimum atomic E-state index is -0.118. The smallest absolute Gasteiger partial charge is 0.234 e. The predicted octanol–water partition coefficient (Wildman–Crippen LogP) is 3.62. The van der Waals surface area contributed by atoms with Crippen molar-refractivity contribution in [3.63, 3.8) is 0 Å². The van der Waals surface area contributed by atoms with Gasteiger partial charge in [0.2, 0.25) is 5.91 Å². The number of carbonyl (C=O) groups is 1. The molecule has 0 fully saturated rings. The van der Waals surface area contributed by atoms with Crippen LogP contribution in [0.3, 0.4) is 0 Å². The van der Waals surface area contributed by atoms with Gasteiger partial charge in [0.05, 0.1) is 28.9 Å². The van der Waals surface area contributed by atoms with Crippen LogP contribution in [0.5, 0.6) is 0 Å². The zero-order chi connectivity index (χ0) is 22.0. The van der Waals surface area contributed by atoms with Gasteiger partial charge in [-0.15, -0.1) is 10.2 Å². The van der Waals surface area contributed by atoms with Gasteiger partial charge in [-0.2, -0.15) is 5.10 Å². The Kier molecular flexibility index (Phi) is 6.84. The molecule has 0 spiro atoms. The molecule has 3 aromatic rings. The van der Waals surface area contributed by atoms with Gasteiger partial charge in [-0.1, -0.05) is 23.4 Å². The molecule has 10 heteroatoms. The highest BCUT2D eigenvalue weighted by atomic mass is 35.5. The molecule has 30 heavy (non-hydrogen) atoms. The first-order valence-electron chi connectivity index (χ1n) is 9.49. The van der Waals surface area contributed by atoms with Gasteiger partial charge in [-0.25, -0.2) is 0 Å². The Labute approximate surface area is 185 Å². The monoisotopic (exact) mass is 447 g/mol. The van der Waals surface area contributed by atoms with E-state index in [0.29, 0.717) is 10.2 Å². The highest BCUT2D eigenvalue weighted by molar-refractivity contribution is 7.99. The second kappa shape index (κ2) is 9.20. The lowest BCUT2D eigenvalue weighted by Gasteiger charge is -2.20. The third-order valence-corrected chi connectivity index (χ3v) is 6.18. The van der Waals surface area contributed by atoms with Gasteiger partial charge in [-0.3, -0.25) is 18.9 Å². The third-order valence-electron chi connectivity index (χ3n) is 5.00. The number of thioether (sulfide) groups is 1. The van der Waals surface area contributed by atoms with Crippen molar-refractivity contribution in [2.24, 2.45) is 7.05 Å². The normalized spacial score (nSPS) is 12.4. The van der Waals surface area contributed by atoms with E-state index in [0.717, 1.165) is 28.6 Å². The number of rotatable bonds is 7. The van der Waals surface area contributed by atoms with Gasteiger partial charge in [0, 0.05) is 17.8 Å². The third kappa shape index (κ3) is 4.69. The summed E-state index contributed by atoms with van der Waals surface area (Å²) >= 11 is 7.40. The molecule has 0 saturated heterocycles. The van der Waals surface area contributed by atoms with Crippen molar-refractivity contribution in [3.8, 4) is 5.69 Å². The number of nitrogens with zero attached hydrogens (tertiary/aromatic N) is 6. The van der Waals surface area contributed by atoms with Crippen LogP contribution in [-0.2, 0) is 11.8 Å². The summed E-state index contributed by atoms with van der Waals surface area (Å²) in [6.45, 7) is 5.86. The van der Waals surface area contributed by atoms with Crippen LogP contribution in [0.4, 0.5) is 5.69 Å². The van der Waals surface area contributed by atoms with Crippen LogP contribution >= 0.6 is 23.4 Å². The van der Waals surface area contributed by atoms with Gasteiger partial charge in [0.25, 0.3) is 0 Å². The summed E-state index contributed by atoms with van der Waals surface area (Å²) in [4.78, 5) is 14.6. The van der Waals surface area contributed by atoms with E-state index in [1.165, 1.54) is 11.8 Å². The molecular formula is C20H26ClN7OS. The minimum absolute atomic E-state index is 0.0389. The molecule has 1 amide bonds. The number of hydrogen-bond donors (Lipinski definition) is 1. The number of aromatic nitrogens is 5. The average molecular weight is 448 g/mol. The van der Waals surface area contributed by atoms with Crippen LogP contribution in [0.15, 0.2) is 29.4 Å². The number of nitrogens with one attached hydrogen (secondary N) is 1. The largest absolute Gasteiger partial charge is 0.322 e. The number of hydrogen-bond acceptors (Lipinski definition) is 6. The number of carbonyl (C=O) groups excluding carboxylic acids is 1. The van der Waals surface area contributed by atoms with Gasteiger partial charge >= 0.3 is 0 Å². The summed E-state index contributed by atoms with van der Waals surface area (Å²) < 4.78 is 3.73. The van der Waals surface area contributed by atoms with E-state index in [2.05, 4.69) is 32.4 Å². The quantitative estimate of drug-likeness (QED) is 0.557. The zero-order valence-electron chi connectivity index (χ0n) is 18.0. The summed E-state index contributed by atoms with van der Waals surface area (Å²) in [5.41, 5.74) is 3.36. The second-order valence-electron chi connectivity index (χ2n) is 7.30. The Morgan fingerprint density at radius 2 is 1.90 bits per heavy atom. The van der Waals surface area contributed by atoms with Crippen molar-refractivity contribution in [1.82, 2.24) is 29.4 Å². The highest BCUT2D eigenvalue weighted by Gasteiger charge is 2.22. The minimum Gasteiger partial charge on any atom is -0.322 e. The fourth-order valence-corrected chi connectivity index (χ4v) is 3.85. The Balaban J connectivity index is 1.83. The van der Waals surface area contributed by atoms with Gasteiger partial charge < -0.3 is 5.32 Å². The van der Waals surface area contributed by atoms with Crippen LogP contribution in [0, 0.1) is 13.8 Å². The molecule has 2 heterocycles. The van der Waals surface area contributed by atoms with E-state index in [1.807, 2.05) is 63.8 Å². The Hall–Kier alpha value is -2.36. The zero-order valence-corrected chi connectivity index (χ0v) is 19.5. The molecule has 2 aromatic heterocycles. The van der Waals surface area contributed by atoms with Gasteiger partial charge in [0.1, 0.15) is 0 Å². The van der Waals surface area contributed by atoms with Crippen molar-refractivity contribution in [3.05, 3.63) is 46.5 Å². The maximum atomic E-state index is 12.6. The molecule has 1 aromatic carbocycles. The molecule has 0 aliphatic heterocycles. The topological polar surface area (TPSA) is 80.9 Å². The number of amides is 1. The summed E-state index contributed by atoms with van der Waals surface area (Å²) in [5, 5.41) is 17.4. The molecule has 160 valence electrons. The molecule has 8 nitrogen and oxygen atoms in total. The van der Waals surface area contributed by atoms with E-state index in [1.54, 1.807) is 4.68 Å². The molecule has 3 rings (SSSR count). The SMILES string of the molecule is Cc1nn(C)c(C)c1NC(=O)CSc1nnc(C(C)N(C)C)n1-c1ccc(Cl)cc1. The molecular weight excluding hydrogens is 422 g/mol. The van der Waals surface area contributed by atoms with Crippen molar-refractivity contribution < 1.29 is 4.79 Å². The first-order chi connectivity index (χ1) is 14.2. The Morgan fingerprint density at radius 1 is 1.23 bits per heavy atom. The maximum absolute atomic E-state index is 12.6. The summed E-state index contributed by atoms with van der Waals surface area (Å²) in [7, 11) is 5.84. The standard InChI is InChI=1S/C20H26ClN7OS/c1-12-18(13(2)27(6)25-12)22-17(29)11-30-20-24-23-19(14(3)26(4)5)28(20)16-9-7-15(21)8-10-16/h7-10,14H,11H2,1-6H3,(H,22,29). The Morgan fingerprint density at radius 3 is 2.47 bits per heavy atom. The number of anilines is 1. The lowest BCUT2D eigenvalue weighted by atomic mass is 10.2. The maximum Gasteiger partial charge on any atom is 0.234 e. The van der Waals surface area contributed by atoms with E-state index < -0.39 is 0 Å². The van der Waals surface area contributed by atoms with Crippen LogP contribution in [0.1, 0.15) is 30.2 Å². The summed E-state index contributed by atoms with van der Waals surface area (Å²) in [5.74, 6) is 0.881. The molecule has 0 aliphatic carbocycles. The first kappa shape index (κ1) is 22.3. The van der Waals surface area contributed by atoms with Crippen molar-refractivity contribution in [1.29, 1.82) is 0 Å². The van der Waals surface area contributed by atoms with E-state index in [-0.39, 0.29) is 17.7 Å². The number of aryl methyl sites for hydroxylation is 2. The lowest BCUT2D eigenvalue weighted by molar-refractivity contribution is -0.113. The molecule has 1 atom stereocenters. The average Bonchev–Trinajstić information content (AvgIpc) is 3.22. The van der Waals surface area contributed by atoms with Crippen LogP contribution in [0.25, 0.3) is 5.69 Å². The lowest BCUT2D eigenvalue weighted by Crippen LogP contribution is -2.21. The van der Waals surface area contributed by atoms with Gasteiger partial charge in [0.15, 0.2) is 11.0 Å². The van der Waals surface area contributed by atoms with E-state index in [9.17, 15) is 4.79 Å². The van der Waals surface area contributed by atoms with Gasteiger partial charge in [-0.05, 0) is 59.1 Å². The molecule has 1 unspecified atom stereocenters. The predicted molar refractivity (Wildman–Crippen MR) is 121 cm³/mol. The molecule has 0 saturated carbocycles. The molecule has 0 bridgehead atoms. The van der Waals surface area contributed by atoms with Crippen molar-refractivity contribution in [2.75, 3.05) is 25.2 Å². The number of benzene rings is 1. The first-order valence-corrected chi connectivity index (χ1v) is 10.9. The second-order valence-corrected chi connectivity index (χ2v) is 8.68. The van der Waals surface area contributed by atoms with Crippen LogP contribution < -0.4 is 5.32 Å². The number of halogens is 1. The highest BCUT2D eigenvalue weighted by Crippen LogP contribution is 2.28. The molecule has 1 N–H and O–H groups in total. The van der Waals surface area contributed by atoms with E-state index in [4.69, 9.17) is 11.6 Å².